The quantitative estimate of drug-likeness (QED) is 0.672. The Morgan fingerprint density at radius 2 is 1.76 bits per heavy atom. The summed E-state index contributed by atoms with van der Waals surface area (Å²) >= 11 is 0. The van der Waals surface area contributed by atoms with E-state index in [-0.39, 0.29) is 24.2 Å². The minimum absolute atomic E-state index is 0. The first-order valence-corrected chi connectivity index (χ1v) is 5.90. The van der Waals surface area contributed by atoms with Gasteiger partial charge in [-0.2, -0.15) is 0 Å². The van der Waals surface area contributed by atoms with E-state index >= 15 is 0 Å². The maximum absolute atomic E-state index is 11.6. The Morgan fingerprint density at radius 1 is 1.18 bits per heavy atom. The molecule has 0 saturated heterocycles. The molecule has 0 unspecified atom stereocenters. The van der Waals surface area contributed by atoms with Crippen LogP contribution in [0.15, 0.2) is 0 Å². The fourth-order valence-corrected chi connectivity index (χ4v) is 1.43. The molecule has 0 aliphatic carbocycles. The van der Waals surface area contributed by atoms with Gasteiger partial charge >= 0.3 is 0 Å². The molecule has 0 aromatic carbocycles. The fourth-order valence-electron chi connectivity index (χ4n) is 1.43. The molecule has 0 heterocycles. The Hall–Kier alpha value is -0.810. The molecule has 0 fully saturated rings. The summed E-state index contributed by atoms with van der Waals surface area (Å²) in [6.45, 7) is 6.32. The van der Waals surface area contributed by atoms with Gasteiger partial charge in [-0.05, 0) is 20.3 Å². The summed E-state index contributed by atoms with van der Waals surface area (Å²) in [7, 11) is 0. The van der Waals surface area contributed by atoms with Crippen LogP contribution in [0.3, 0.4) is 0 Å². The van der Waals surface area contributed by atoms with E-state index in [0.717, 1.165) is 13.1 Å². The van der Waals surface area contributed by atoms with Gasteiger partial charge in [0.2, 0.25) is 11.8 Å². The number of carbonyl (C=O) groups excluding carboxylic acids is 2. The predicted molar refractivity (Wildman–Crippen MR) is 71.1 cm³/mol. The van der Waals surface area contributed by atoms with Crippen LogP contribution in [0.4, 0.5) is 0 Å². The molecule has 0 aromatic rings. The zero-order chi connectivity index (χ0) is 12.4. The molecule has 0 spiro atoms. The van der Waals surface area contributed by atoms with Crippen LogP contribution in [-0.2, 0) is 9.59 Å². The SMILES string of the molecule is CCN(CC)C(=O)CCCC(=O)NCCN.Cl. The first kappa shape index (κ1) is 18.6. The van der Waals surface area contributed by atoms with E-state index in [2.05, 4.69) is 5.32 Å². The number of carbonyl (C=O) groups is 2. The highest BCUT2D eigenvalue weighted by Crippen LogP contribution is 2.00. The van der Waals surface area contributed by atoms with Gasteiger partial charge in [-0.15, -0.1) is 12.4 Å². The second-order valence-electron chi connectivity index (χ2n) is 3.56. The van der Waals surface area contributed by atoms with Crippen molar-refractivity contribution in [2.75, 3.05) is 26.2 Å². The van der Waals surface area contributed by atoms with Crippen molar-refractivity contribution in [3.8, 4) is 0 Å². The summed E-state index contributed by atoms with van der Waals surface area (Å²) in [5, 5.41) is 2.67. The monoisotopic (exact) mass is 265 g/mol. The summed E-state index contributed by atoms with van der Waals surface area (Å²) < 4.78 is 0. The molecule has 2 amide bonds. The lowest BCUT2D eigenvalue weighted by Gasteiger charge is -2.18. The molecular formula is C11H24ClN3O2. The van der Waals surface area contributed by atoms with Gasteiger partial charge in [0.25, 0.3) is 0 Å². The number of hydrogen-bond acceptors (Lipinski definition) is 3. The Kier molecular flexibility index (Phi) is 12.7. The van der Waals surface area contributed by atoms with Gasteiger partial charge in [0, 0.05) is 39.0 Å². The van der Waals surface area contributed by atoms with Crippen LogP contribution >= 0.6 is 12.4 Å². The van der Waals surface area contributed by atoms with Crippen molar-refractivity contribution in [1.82, 2.24) is 10.2 Å². The highest BCUT2D eigenvalue weighted by molar-refractivity contribution is 5.85. The molecule has 6 heteroatoms. The van der Waals surface area contributed by atoms with Crippen molar-refractivity contribution in [3.05, 3.63) is 0 Å². The Morgan fingerprint density at radius 3 is 2.24 bits per heavy atom. The third-order valence-electron chi connectivity index (χ3n) is 2.38. The minimum Gasteiger partial charge on any atom is -0.355 e. The largest absolute Gasteiger partial charge is 0.355 e. The lowest BCUT2D eigenvalue weighted by Crippen LogP contribution is -2.31. The summed E-state index contributed by atoms with van der Waals surface area (Å²) in [4.78, 5) is 24.6. The van der Waals surface area contributed by atoms with Crippen LogP contribution in [0.2, 0.25) is 0 Å². The molecule has 0 saturated carbocycles. The highest BCUT2D eigenvalue weighted by Gasteiger charge is 2.09. The van der Waals surface area contributed by atoms with Crippen LogP contribution in [0.25, 0.3) is 0 Å². The number of nitrogens with zero attached hydrogens (tertiary/aromatic N) is 1. The van der Waals surface area contributed by atoms with Crippen LogP contribution in [-0.4, -0.2) is 42.9 Å². The summed E-state index contributed by atoms with van der Waals surface area (Å²) in [5.41, 5.74) is 5.25. The Labute approximate surface area is 110 Å². The fraction of sp³-hybridized carbons (Fsp3) is 0.818. The molecular weight excluding hydrogens is 242 g/mol. The van der Waals surface area contributed by atoms with Crippen LogP contribution < -0.4 is 11.1 Å². The van der Waals surface area contributed by atoms with Crippen LogP contribution in [0, 0.1) is 0 Å². The van der Waals surface area contributed by atoms with Crippen molar-refractivity contribution in [1.29, 1.82) is 0 Å². The summed E-state index contributed by atoms with van der Waals surface area (Å²) in [5.74, 6) is 0.0921. The van der Waals surface area contributed by atoms with E-state index in [1.165, 1.54) is 0 Å². The summed E-state index contributed by atoms with van der Waals surface area (Å²) in [6, 6.07) is 0. The lowest BCUT2D eigenvalue weighted by molar-refractivity contribution is -0.131. The molecule has 0 radical (unpaired) electrons. The third kappa shape index (κ3) is 8.94. The number of nitrogens with one attached hydrogen (secondary N) is 1. The average molecular weight is 266 g/mol. The zero-order valence-corrected chi connectivity index (χ0v) is 11.5. The normalized spacial score (nSPS) is 9.35. The van der Waals surface area contributed by atoms with E-state index < -0.39 is 0 Å². The second-order valence-corrected chi connectivity index (χ2v) is 3.56. The number of amides is 2. The maximum atomic E-state index is 11.6. The van der Waals surface area contributed by atoms with Crippen molar-refractivity contribution in [2.24, 2.45) is 5.73 Å². The van der Waals surface area contributed by atoms with Crippen molar-refractivity contribution >= 4 is 24.2 Å². The molecule has 5 nitrogen and oxygen atoms in total. The summed E-state index contributed by atoms with van der Waals surface area (Å²) in [6.07, 6.45) is 1.44. The molecule has 0 aromatic heterocycles. The predicted octanol–water partition coefficient (Wildman–Crippen LogP) is 0.522. The average Bonchev–Trinajstić information content (AvgIpc) is 2.28. The van der Waals surface area contributed by atoms with E-state index in [9.17, 15) is 9.59 Å². The Bertz CT molecular complexity index is 221. The zero-order valence-electron chi connectivity index (χ0n) is 10.7. The molecule has 0 aliphatic rings. The van der Waals surface area contributed by atoms with Gasteiger partial charge in [0.05, 0.1) is 0 Å². The van der Waals surface area contributed by atoms with Gasteiger partial charge in [-0.25, -0.2) is 0 Å². The first-order valence-electron chi connectivity index (χ1n) is 5.90. The van der Waals surface area contributed by atoms with Crippen LogP contribution in [0.1, 0.15) is 33.1 Å². The van der Waals surface area contributed by atoms with Crippen molar-refractivity contribution in [2.45, 2.75) is 33.1 Å². The van der Waals surface area contributed by atoms with E-state index in [0.29, 0.717) is 32.4 Å². The van der Waals surface area contributed by atoms with Crippen LogP contribution in [0.5, 0.6) is 0 Å². The number of hydrogen-bond donors (Lipinski definition) is 2. The number of halogens is 1. The first-order chi connectivity index (χ1) is 7.65. The van der Waals surface area contributed by atoms with E-state index in [1.54, 1.807) is 4.90 Å². The molecule has 0 atom stereocenters. The van der Waals surface area contributed by atoms with Crippen molar-refractivity contribution < 1.29 is 9.59 Å². The van der Waals surface area contributed by atoms with Gasteiger partial charge in [0.1, 0.15) is 0 Å². The van der Waals surface area contributed by atoms with Gasteiger partial charge < -0.3 is 16.0 Å². The third-order valence-corrected chi connectivity index (χ3v) is 2.38. The second kappa shape index (κ2) is 11.7. The Balaban J connectivity index is 0. The smallest absolute Gasteiger partial charge is 0.222 e. The van der Waals surface area contributed by atoms with E-state index in [1.807, 2.05) is 13.8 Å². The number of nitrogens with two attached hydrogens (primary N) is 1. The molecule has 3 N–H and O–H groups in total. The van der Waals surface area contributed by atoms with Gasteiger partial charge in [0.15, 0.2) is 0 Å². The van der Waals surface area contributed by atoms with Gasteiger partial charge in [-0.3, -0.25) is 9.59 Å². The maximum Gasteiger partial charge on any atom is 0.222 e. The van der Waals surface area contributed by atoms with Gasteiger partial charge in [-0.1, -0.05) is 0 Å². The molecule has 0 rings (SSSR count). The number of rotatable bonds is 8. The lowest BCUT2D eigenvalue weighted by atomic mass is 10.2. The highest BCUT2D eigenvalue weighted by atomic mass is 35.5. The molecule has 0 bridgehead atoms. The topological polar surface area (TPSA) is 75.4 Å². The molecule has 102 valence electrons. The minimum atomic E-state index is -0.0298. The standard InChI is InChI=1S/C11H23N3O2.ClH/c1-3-14(4-2)11(16)7-5-6-10(15)13-9-8-12;/h3-9,12H2,1-2H3,(H,13,15);1H. The van der Waals surface area contributed by atoms with Crippen molar-refractivity contribution in [3.63, 3.8) is 0 Å². The molecule has 17 heavy (non-hydrogen) atoms. The molecule has 0 aliphatic heterocycles. The van der Waals surface area contributed by atoms with E-state index in [4.69, 9.17) is 5.73 Å².